The van der Waals surface area contributed by atoms with Crippen LogP contribution in [0.3, 0.4) is 0 Å². The Labute approximate surface area is 168 Å². The molecule has 0 saturated heterocycles. The third kappa shape index (κ3) is 3.44. The molecule has 0 aromatic heterocycles. The van der Waals surface area contributed by atoms with Gasteiger partial charge in [0.1, 0.15) is 22.5 Å². The number of aryl methyl sites for hydroxylation is 1. The molecule has 0 spiro atoms. The summed E-state index contributed by atoms with van der Waals surface area (Å²) in [6, 6.07) is 11.7. The largest absolute Gasteiger partial charge is 0.206 e. The molecule has 0 bridgehead atoms. The molecule has 0 heterocycles. The Kier molecular flexibility index (Phi) is 5.20. The zero-order chi connectivity index (χ0) is 19.8. The molecule has 0 unspecified atom stereocenters. The summed E-state index contributed by atoms with van der Waals surface area (Å²) in [4.78, 5) is 0. The lowest BCUT2D eigenvalue weighted by atomic mass is 9.97. The quantitative estimate of drug-likeness (QED) is 0.237. The van der Waals surface area contributed by atoms with Gasteiger partial charge < -0.3 is 0 Å². The monoisotopic (exact) mass is 400 g/mol. The minimum Gasteiger partial charge on any atom is -0.206 e. The standard InChI is InChI=1S/C24H20ClF3/c1-2-3-4-5-14-6-7-18-15(8-14)9-16-10-20(21(26)13-19(16)18)17-11-22(27)24(25)23(28)12-17/h6-8,10-13H,2-5,9H2,1H3. The maximum atomic E-state index is 14.8. The molecule has 0 amide bonds. The van der Waals surface area contributed by atoms with Crippen LogP contribution in [0.4, 0.5) is 13.2 Å². The van der Waals surface area contributed by atoms with E-state index in [9.17, 15) is 13.2 Å². The Morgan fingerprint density at radius 3 is 2.21 bits per heavy atom. The molecule has 3 aromatic rings. The summed E-state index contributed by atoms with van der Waals surface area (Å²) >= 11 is 5.55. The first-order valence-corrected chi connectivity index (χ1v) is 9.95. The molecule has 0 radical (unpaired) electrons. The van der Waals surface area contributed by atoms with E-state index < -0.39 is 22.5 Å². The van der Waals surface area contributed by atoms with Gasteiger partial charge in [0, 0.05) is 5.56 Å². The Bertz CT molecular complexity index is 1030. The van der Waals surface area contributed by atoms with Gasteiger partial charge in [-0.3, -0.25) is 0 Å². The first kappa shape index (κ1) is 19.1. The molecule has 0 fully saturated rings. The average molecular weight is 401 g/mol. The van der Waals surface area contributed by atoms with Crippen LogP contribution in [0.5, 0.6) is 0 Å². The molecule has 144 valence electrons. The zero-order valence-corrected chi connectivity index (χ0v) is 16.3. The molecule has 28 heavy (non-hydrogen) atoms. The van der Waals surface area contributed by atoms with E-state index in [2.05, 4.69) is 25.1 Å². The number of hydrogen-bond donors (Lipinski definition) is 0. The molecule has 0 nitrogen and oxygen atoms in total. The topological polar surface area (TPSA) is 0 Å². The summed E-state index contributed by atoms with van der Waals surface area (Å²) in [6.45, 7) is 2.18. The second kappa shape index (κ2) is 7.63. The molecule has 0 N–H and O–H groups in total. The molecule has 1 aliphatic rings. The molecule has 0 aliphatic heterocycles. The van der Waals surface area contributed by atoms with E-state index in [1.54, 1.807) is 6.07 Å². The molecule has 4 heteroatoms. The lowest BCUT2D eigenvalue weighted by Gasteiger charge is -2.09. The third-order valence-corrected chi connectivity index (χ3v) is 5.76. The van der Waals surface area contributed by atoms with E-state index in [1.165, 1.54) is 30.0 Å². The Balaban J connectivity index is 1.69. The van der Waals surface area contributed by atoms with Crippen molar-refractivity contribution in [1.82, 2.24) is 0 Å². The lowest BCUT2D eigenvalue weighted by molar-refractivity contribution is 0.584. The Morgan fingerprint density at radius 1 is 0.786 bits per heavy atom. The van der Waals surface area contributed by atoms with E-state index in [4.69, 9.17) is 11.6 Å². The van der Waals surface area contributed by atoms with Gasteiger partial charge in [0.05, 0.1) is 0 Å². The fourth-order valence-electron chi connectivity index (χ4n) is 3.94. The van der Waals surface area contributed by atoms with Gasteiger partial charge in [-0.25, -0.2) is 13.2 Å². The predicted molar refractivity (Wildman–Crippen MR) is 108 cm³/mol. The number of hydrogen-bond acceptors (Lipinski definition) is 0. The average Bonchev–Trinajstić information content (AvgIpc) is 3.02. The number of benzene rings is 3. The van der Waals surface area contributed by atoms with E-state index in [0.29, 0.717) is 6.42 Å². The van der Waals surface area contributed by atoms with Crippen LogP contribution < -0.4 is 0 Å². The van der Waals surface area contributed by atoms with Crippen LogP contribution in [-0.4, -0.2) is 0 Å². The molecule has 1 aliphatic carbocycles. The minimum absolute atomic E-state index is 0.149. The maximum Gasteiger partial charge on any atom is 0.145 e. The van der Waals surface area contributed by atoms with Crippen molar-refractivity contribution in [3.63, 3.8) is 0 Å². The van der Waals surface area contributed by atoms with Crippen molar-refractivity contribution >= 4 is 11.6 Å². The van der Waals surface area contributed by atoms with Crippen molar-refractivity contribution in [2.75, 3.05) is 0 Å². The van der Waals surface area contributed by atoms with E-state index in [0.717, 1.165) is 41.7 Å². The smallest absolute Gasteiger partial charge is 0.145 e. The van der Waals surface area contributed by atoms with Gasteiger partial charge in [0.25, 0.3) is 0 Å². The third-order valence-electron chi connectivity index (χ3n) is 5.40. The van der Waals surface area contributed by atoms with Crippen LogP contribution in [0.2, 0.25) is 5.02 Å². The Hall–Kier alpha value is -2.26. The van der Waals surface area contributed by atoms with Crippen molar-refractivity contribution in [1.29, 1.82) is 0 Å². The SMILES string of the molecule is CCCCCc1ccc2c(c1)Cc1cc(-c3cc(F)c(Cl)c(F)c3)c(F)cc1-2. The van der Waals surface area contributed by atoms with Gasteiger partial charge in [0.15, 0.2) is 0 Å². The highest BCUT2D eigenvalue weighted by Crippen LogP contribution is 2.41. The van der Waals surface area contributed by atoms with Crippen molar-refractivity contribution in [2.45, 2.75) is 39.0 Å². The summed E-state index contributed by atoms with van der Waals surface area (Å²) in [6.07, 6.45) is 5.29. The van der Waals surface area contributed by atoms with Crippen molar-refractivity contribution < 1.29 is 13.2 Å². The van der Waals surface area contributed by atoms with Crippen molar-refractivity contribution in [3.8, 4) is 22.3 Å². The highest BCUT2D eigenvalue weighted by molar-refractivity contribution is 6.31. The zero-order valence-electron chi connectivity index (χ0n) is 15.6. The highest BCUT2D eigenvalue weighted by Gasteiger charge is 2.22. The summed E-state index contributed by atoms with van der Waals surface area (Å²) < 4.78 is 42.4. The van der Waals surface area contributed by atoms with Gasteiger partial charge in [0.2, 0.25) is 0 Å². The van der Waals surface area contributed by atoms with Gasteiger partial charge >= 0.3 is 0 Å². The molecular weight excluding hydrogens is 381 g/mol. The minimum atomic E-state index is -0.892. The van der Waals surface area contributed by atoms with Crippen LogP contribution >= 0.6 is 11.6 Å². The van der Waals surface area contributed by atoms with E-state index in [1.807, 2.05) is 0 Å². The summed E-state index contributed by atoms with van der Waals surface area (Å²) in [5, 5.41) is -0.576. The van der Waals surface area contributed by atoms with Gasteiger partial charge in [-0.1, -0.05) is 49.6 Å². The number of fused-ring (bicyclic) bond motifs is 3. The van der Waals surface area contributed by atoms with Crippen LogP contribution in [0.15, 0.2) is 42.5 Å². The fourth-order valence-corrected chi connectivity index (χ4v) is 4.05. The highest BCUT2D eigenvalue weighted by atomic mass is 35.5. The summed E-state index contributed by atoms with van der Waals surface area (Å²) in [5.74, 6) is -2.28. The molecule has 3 aromatic carbocycles. The second-order valence-electron chi connectivity index (χ2n) is 7.37. The van der Waals surface area contributed by atoms with E-state index >= 15 is 0 Å². The van der Waals surface area contributed by atoms with E-state index in [-0.39, 0.29) is 11.1 Å². The van der Waals surface area contributed by atoms with Crippen LogP contribution in [-0.2, 0) is 12.8 Å². The van der Waals surface area contributed by atoms with Crippen LogP contribution in [0, 0.1) is 17.5 Å². The Morgan fingerprint density at radius 2 is 1.50 bits per heavy atom. The summed E-state index contributed by atoms with van der Waals surface area (Å²) in [7, 11) is 0. The summed E-state index contributed by atoms with van der Waals surface area (Å²) in [5.41, 5.74) is 5.66. The number of rotatable bonds is 5. The molecule has 4 rings (SSSR count). The number of unbranched alkanes of at least 4 members (excludes halogenated alkanes) is 2. The molecular formula is C24H20ClF3. The van der Waals surface area contributed by atoms with Gasteiger partial charge in [-0.15, -0.1) is 0 Å². The second-order valence-corrected chi connectivity index (χ2v) is 7.75. The molecule has 0 atom stereocenters. The van der Waals surface area contributed by atoms with Crippen molar-refractivity contribution in [2.24, 2.45) is 0 Å². The first-order chi connectivity index (χ1) is 13.5. The number of halogens is 4. The van der Waals surface area contributed by atoms with Gasteiger partial charge in [-0.05, 0) is 76.9 Å². The predicted octanol–water partition coefficient (Wildman–Crippen LogP) is 7.73. The maximum absolute atomic E-state index is 14.8. The first-order valence-electron chi connectivity index (χ1n) is 9.57. The van der Waals surface area contributed by atoms with Gasteiger partial charge in [-0.2, -0.15) is 0 Å². The normalized spacial score (nSPS) is 12.2. The lowest BCUT2D eigenvalue weighted by Crippen LogP contribution is -1.92. The molecule has 0 saturated carbocycles. The fraction of sp³-hybridized carbons (Fsp3) is 0.250. The van der Waals surface area contributed by atoms with Crippen LogP contribution in [0.1, 0.15) is 42.9 Å². The van der Waals surface area contributed by atoms with Crippen molar-refractivity contribution in [3.05, 3.63) is 81.6 Å². The van der Waals surface area contributed by atoms with Crippen LogP contribution in [0.25, 0.3) is 22.3 Å².